The summed E-state index contributed by atoms with van der Waals surface area (Å²) in [6.45, 7) is 2.84. The van der Waals surface area contributed by atoms with E-state index in [4.69, 9.17) is 0 Å². The van der Waals surface area contributed by atoms with E-state index < -0.39 is 0 Å². The third-order valence-corrected chi connectivity index (χ3v) is 4.40. The first-order valence-electron chi connectivity index (χ1n) is 7.25. The second-order valence-corrected chi connectivity index (χ2v) is 5.60. The average Bonchev–Trinajstić information content (AvgIpc) is 2.79. The van der Waals surface area contributed by atoms with Crippen molar-refractivity contribution < 1.29 is 4.79 Å². The SMILES string of the molecule is CCN(C(=O)c1cccnc1)C1CC2CCC(C1)N2. The predicted molar refractivity (Wildman–Crippen MR) is 73.9 cm³/mol. The van der Waals surface area contributed by atoms with Gasteiger partial charge in [0.05, 0.1) is 5.56 Å². The first-order chi connectivity index (χ1) is 9.28. The highest BCUT2D eigenvalue weighted by atomic mass is 16.2. The van der Waals surface area contributed by atoms with Crippen LogP contribution in [-0.2, 0) is 0 Å². The number of carbonyl (C=O) groups excluding carboxylic acids is 1. The lowest BCUT2D eigenvalue weighted by molar-refractivity contribution is 0.0630. The van der Waals surface area contributed by atoms with Crippen molar-refractivity contribution in [3.63, 3.8) is 0 Å². The number of rotatable bonds is 3. The first-order valence-corrected chi connectivity index (χ1v) is 7.25. The van der Waals surface area contributed by atoms with Gasteiger partial charge in [-0.3, -0.25) is 9.78 Å². The predicted octanol–water partition coefficient (Wildman–Crippen LogP) is 1.83. The Balaban J connectivity index is 1.75. The van der Waals surface area contributed by atoms with E-state index in [1.807, 2.05) is 17.0 Å². The van der Waals surface area contributed by atoms with Crippen LogP contribution in [0, 0.1) is 0 Å². The van der Waals surface area contributed by atoms with Gasteiger partial charge in [-0.2, -0.15) is 0 Å². The van der Waals surface area contributed by atoms with E-state index >= 15 is 0 Å². The van der Waals surface area contributed by atoms with Crippen molar-refractivity contribution in [1.29, 1.82) is 0 Å². The summed E-state index contributed by atoms with van der Waals surface area (Å²) < 4.78 is 0. The molecule has 0 radical (unpaired) electrons. The van der Waals surface area contributed by atoms with Crippen LogP contribution >= 0.6 is 0 Å². The smallest absolute Gasteiger partial charge is 0.255 e. The van der Waals surface area contributed by atoms with Crippen molar-refractivity contribution in [2.75, 3.05) is 6.54 Å². The van der Waals surface area contributed by atoms with Gasteiger partial charge >= 0.3 is 0 Å². The van der Waals surface area contributed by atoms with Gasteiger partial charge in [-0.1, -0.05) is 0 Å². The molecule has 4 nitrogen and oxygen atoms in total. The van der Waals surface area contributed by atoms with Crippen molar-refractivity contribution in [3.05, 3.63) is 30.1 Å². The van der Waals surface area contributed by atoms with Crippen LogP contribution in [0.3, 0.4) is 0 Å². The number of fused-ring (bicyclic) bond motifs is 2. The maximum absolute atomic E-state index is 12.6. The Kier molecular flexibility index (Phi) is 3.51. The number of nitrogens with one attached hydrogen (secondary N) is 1. The van der Waals surface area contributed by atoms with Gasteiger partial charge in [-0.05, 0) is 44.7 Å². The van der Waals surface area contributed by atoms with Gasteiger partial charge in [0.2, 0.25) is 0 Å². The number of nitrogens with zero attached hydrogens (tertiary/aromatic N) is 2. The van der Waals surface area contributed by atoms with Crippen LogP contribution in [-0.4, -0.2) is 40.5 Å². The molecule has 4 heteroatoms. The van der Waals surface area contributed by atoms with Crippen LogP contribution in [0.15, 0.2) is 24.5 Å². The summed E-state index contributed by atoms with van der Waals surface area (Å²) in [7, 11) is 0. The number of piperidine rings is 1. The second kappa shape index (κ2) is 5.29. The van der Waals surface area contributed by atoms with E-state index in [0.29, 0.717) is 23.7 Å². The quantitative estimate of drug-likeness (QED) is 0.900. The molecule has 3 heterocycles. The zero-order valence-electron chi connectivity index (χ0n) is 11.4. The monoisotopic (exact) mass is 259 g/mol. The van der Waals surface area contributed by atoms with Crippen LogP contribution in [0.2, 0.25) is 0 Å². The molecule has 2 saturated heterocycles. The minimum atomic E-state index is 0.127. The van der Waals surface area contributed by atoms with E-state index in [9.17, 15) is 4.79 Å². The molecule has 19 heavy (non-hydrogen) atoms. The number of aromatic nitrogens is 1. The molecular formula is C15H21N3O. The van der Waals surface area contributed by atoms with Gasteiger partial charge in [0, 0.05) is 37.1 Å². The Morgan fingerprint density at radius 3 is 2.74 bits per heavy atom. The van der Waals surface area contributed by atoms with Gasteiger partial charge in [-0.25, -0.2) is 0 Å². The van der Waals surface area contributed by atoms with Gasteiger partial charge in [0.1, 0.15) is 0 Å². The Morgan fingerprint density at radius 1 is 1.42 bits per heavy atom. The van der Waals surface area contributed by atoms with E-state index in [1.165, 1.54) is 12.8 Å². The fourth-order valence-electron chi connectivity index (χ4n) is 3.50. The van der Waals surface area contributed by atoms with Gasteiger partial charge in [-0.15, -0.1) is 0 Å². The molecule has 1 N–H and O–H groups in total. The van der Waals surface area contributed by atoms with Crippen LogP contribution in [0.4, 0.5) is 0 Å². The summed E-state index contributed by atoms with van der Waals surface area (Å²) in [6, 6.07) is 5.29. The zero-order chi connectivity index (χ0) is 13.2. The highest BCUT2D eigenvalue weighted by Gasteiger charge is 2.37. The third kappa shape index (κ3) is 2.50. The Bertz CT molecular complexity index is 436. The van der Waals surface area contributed by atoms with Crippen molar-refractivity contribution in [2.45, 2.75) is 50.7 Å². The highest BCUT2D eigenvalue weighted by Crippen LogP contribution is 2.30. The molecule has 1 aromatic rings. The Morgan fingerprint density at radius 2 is 2.16 bits per heavy atom. The standard InChI is InChI=1S/C15H21N3O/c1-2-18(15(19)11-4-3-7-16-10-11)14-8-12-5-6-13(9-14)17-12/h3-4,7,10,12-14,17H,2,5-6,8-9H2,1H3. The molecule has 2 unspecified atom stereocenters. The molecule has 0 spiro atoms. The summed E-state index contributed by atoms with van der Waals surface area (Å²) in [4.78, 5) is 18.7. The fraction of sp³-hybridized carbons (Fsp3) is 0.600. The van der Waals surface area contributed by atoms with Crippen molar-refractivity contribution >= 4 is 5.91 Å². The van der Waals surface area contributed by atoms with Crippen LogP contribution in [0.25, 0.3) is 0 Å². The Hall–Kier alpha value is -1.42. The molecule has 3 rings (SSSR count). The van der Waals surface area contributed by atoms with Crippen molar-refractivity contribution in [3.8, 4) is 0 Å². The molecule has 2 fully saturated rings. The molecule has 0 aliphatic carbocycles. The average molecular weight is 259 g/mol. The summed E-state index contributed by atoms with van der Waals surface area (Å²) in [6.07, 6.45) is 8.09. The van der Waals surface area contributed by atoms with Crippen LogP contribution in [0.1, 0.15) is 43.0 Å². The van der Waals surface area contributed by atoms with Gasteiger partial charge in [0.15, 0.2) is 0 Å². The number of pyridine rings is 1. The minimum Gasteiger partial charge on any atom is -0.336 e. The molecule has 0 saturated carbocycles. The lowest BCUT2D eigenvalue weighted by atomic mass is 9.97. The summed E-state index contributed by atoms with van der Waals surface area (Å²) in [5, 5.41) is 3.63. The largest absolute Gasteiger partial charge is 0.336 e. The molecule has 1 amide bonds. The number of carbonyl (C=O) groups is 1. The third-order valence-electron chi connectivity index (χ3n) is 4.40. The van der Waals surface area contributed by atoms with E-state index in [-0.39, 0.29) is 5.91 Å². The van der Waals surface area contributed by atoms with Crippen molar-refractivity contribution in [2.24, 2.45) is 0 Å². The summed E-state index contributed by atoms with van der Waals surface area (Å²) >= 11 is 0. The molecule has 1 aromatic heterocycles. The number of hydrogen-bond donors (Lipinski definition) is 1. The maximum Gasteiger partial charge on any atom is 0.255 e. The van der Waals surface area contributed by atoms with Gasteiger partial charge in [0.25, 0.3) is 5.91 Å². The highest BCUT2D eigenvalue weighted by molar-refractivity contribution is 5.94. The lowest BCUT2D eigenvalue weighted by Crippen LogP contribution is -2.50. The van der Waals surface area contributed by atoms with Crippen molar-refractivity contribution in [1.82, 2.24) is 15.2 Å². The molecule has 2 atom stereocenters. The van der Waals surface area contributed by atoms with E-state index in [2.05, 4.69) is 17.2 Å². The molecule has 2 bridgehead atoms. The molecule has 0 aromatic carbocycles. The van der Waals surface area contributed by atoms with E-state index in [1.54, 1.807) is 12.4 Å². The van der Waals surface area contributed by atoms with Gasteiger partial charge < -0.3 is 10.2 Å². The lowest BCUT2D eigenvalue weighted by Gasteiger charge is -2.37. The number of amides is 1. The normalized spacial score (nSPS) is 29.2. The molecule has 2 aliphatic heterocycles. The fourth-order valence-corrected chi connectivity index (χ4v) is 3.50. The Labute approximate surface area is 114 Å². The zero-order valence-corrected chi connectivity index (χ0v) is 11.4. The molecule has 102 valence electrons. The van der Waals surface area contributed by atoms with E-state index in [0.717, 1.165) is 19.4 Å². The summed E-state index contributed by atoms with van der Waals surface area (Å²) in [5.74, 6) is 0.127. The second-order valence-electron chi connectivity index (χ2n) is 5.60. The topological polar surface area (TPSA) is 45.2 Å². The van der Waals surface area contributed by atoms with Crippen LogP contribution in [0.5, 0.6) is 0 Å². The minimum absolute atomic E-state index is 0.127. The summed E-state index contributed by atoms with van der Waals surface area (Å²) in [5.41, 5.74) is 0.704. The maximum atomic E-state index is 12.6. The molecular weight excluding hydrogens is 238 g/mol. The first kappa shape index (κ1) is 12.6. The van der Waals surface area contributed by atoms with Crippen LogP contribution < -0.4 is 5.32 Å². The molecule has 2 aliphatic rings. The number of hydrogen-bond acceptors (Lipinski definition) is 3.